The van der Waals surface area contributed by atoms with Crippen LogP contribution in [0.15, 0.2) is 34.5 Å². The maximum Gasteiger partial charge on any atom is 0.231 e. The van der Waals surface area contributed by atoms with E-state index in [9.17, 15) is 4.79 Å². The predicted molar refractivity (Wildman–Crippen MR) is 117 cm³/mol. The zero-order valence-electron chi connectivity index (χ0n) is 17.0. The van der Waals surface area contributed by atoms with E-state index in [1.54, 1.807) is 6.08 Å². The van der Waals surface area contributed by atoms with Gasteiger partial charge in [-0.15, -0.1) is 0 Å². The smallest absolute Gasteiger partial charge is 0.231 e. The molecule has 1 saturated carbocycles. The lowest BCUT2D eigenvalue weighted by Crippen LogP contribution is -2.39. The lowest BCUT2D eigenvalue weighted by atomic mass is 10.0. The molecular weight excluding hydrogens is 462 g/mol. The Morgan fingerprint density at radius 2 is 1.97 bits per heavy atom. The van der Waals surface area contributed by atoms with Gasteiger partial charge in [0.1, 0.15) is 24.0 Å². The van der Waals surface area contributed by atoms with Crippen LogP contribution in [0.5, 0.6) is 17.2 Å². The summed E-state index contributed by atoms with van der Waals surface area (Å²) >= 11 is 3.53. The van der Waals surface area contributed by atoms with Crippen LogP contribution in [0.1, 0.15) is 52.7 Å². The molecule has 1 fully saturated rings. The van der Waals surface area contributed by atoms with Gasteiger partial charge in [0.05, 0.1) is 17.7 Å². The first-order valence-electron chi connectivity index (χ1n) is 10.7. The molecule has 3 heterocycles. The molecule has 0 spiro atoms. The van der Waals surface area contributed by atoms with E-state index in [0.717, 1.165) is 39.2 Å². The lowest BCUT2D eigenvalue weighted by Gasteiger charge is -2.33. The first-order chi connectivity index (χ1) is 15.2. The number of Topliss-reactive ketones (excluding diaryl/α,β-unsaturated/α-hetero) is 1. The molecule has 0 aromatic heterocycles. The van der Waals surface area contributed by atoms with Gasteiger partial charge in [-0.25, -0.2) is 0 Å². The van der Waals surface area contributed by atoms with Gasteiger partial charge < -0.3 is 18.9 Å². The van der Waals surface area contributed by atoms with E-state index >= 15 is 0 Å². The van der Waals surface area contributed by atoms with E-state index in [-0.39, 0.29) is 12.6 Å². The van der Waals surface area contributed by atoms with Gasteiger partial charge in [0.25, 0.3) is 0 Å². The van der Waals surface area contributed by atoms with Crippen molar-refractivity contribution in [2.24, 2.45) is 0 Å². The average molecular weight is 484 g/mol. The highest BCUT2D eigenvalue weighted by molar-refractivity contribution is 9.10. The van der Waals surface area contributed by atoms with Crippen molar-refractivity contribution < 1.29 is 23.7 Å². The maximum absolute atomic E-state index is 13.2. The van der Waals surface area contributed by atoms with Crippen LogP contribution in [0.4, 0.5) is 0 Å². The monoisotopic (exact) mass is 483 g/mol. The van der Waals surface area contributed by atoms with Crippen molar-refractivity contribution in [3.8, 4) is 17.2 Å². The topological polar surface area (TPSA) is 57.2 Å². The third-order valence-electron chi connectivity index (χ3n) is 6.48. The van der Waals surface area contributed by atoms with Crippen LogP contribution in [0, 0.1) is 0 Å². The molecule has 1 aliphatic carbocycles. The minimum Gasteiger partial charge on any atom is -0.478 e. The molecule has 0 radical (unpaired) electrons. The third kappa shape index (κ3) is 3.35. The minimum atomic E-state index is -0.114. The fourth-order valence-corrected chi connectivity index (χ4v) is 5.46. The van der Waals surface area contributed by atoms with Crippen LogP contribution in [-0.4, -0.2) is 30.2 Å². The molecule has 2 aromatic rings. The molecule has 6 rings (SSSR count). The summed E-state index contributed by atoms with van der Waals surface area (Å²) in [6.45, 7) is 2.01. The Labute approximate surface area is 188 Å². The Bertz CT molecular complexity index is 1110. The quantitative estimate of drug-likeness (QED) is 0.558. The van der Waals surface area contributed by atoms with E-state index in [2.05, 4.69) is 20.8 Å². The van der Waals surface area contributed by atoms with Gasteiger partial charge in [0.2, 0.25) is 5.78 Å². The standard InChI is InChI=1S/C24H22BrNO5/c25-16-7-14(23-15(8-16)11-28-13-30-23)9-21-22(27)18-5-6-20-19(24(18)31-21)10-26(12-29-20)17-3-1-2-4-17/h5-9,17H,1-4,10-13H2/b21-9-. The van der Waals surface area contributed by atoms with E-state index in [1.807, 2.05) is 24.3 Å². The Balaban J connectivity index is 1.35. The Morgan fingerprint density at radius 3 is 2.84 bits per heavy atom. The molecule has 7 heteroatoms. The highest BCUT2D eigenvalue weighted by Gasteiger charge is 2.35. The van der Waals surface area contributed by atoms with Gasteiger partial charge in [-0.1, -0.05) is 28.8 Å². The summed E-state index contributed by atoms with van der Waals surface area (Å²) in [6, 6.07) is 8.14. The van der Waals surface area contributed by atoms with Gasteiger partial charge in [0, 0.05) is 28.2 Å². The number of carbonyl (C=O) groups excluding carboxylic acids is 1. The van der Waals surface area contributed by atoms with Crippen molar-refractivity contribution in [3.63, 3.8) is 0 Å². The number of halogens is 1. The zero-order chi connectivity index (χ0) is 20.9. The number of carbonyl (C=O) groups is 1. The molecule has 0 bridgehead atoms. The average Bonchev–Trinajstić information content (AvgIpc) is 3.42. The van der Waals surface area contributed by atoms with E-state index in [4.69, 9.17) is 18.9 Å². The number of rotatable bonds is 2. The summed E-state index contributed by atoms with van der Waals surface area (Å²) < 4.78 is 24.2. The molecule has 31 heavy (non-hydrogen) atoms. The van der Waals surface area contributed by atoms with Crippen LogP contribution in [-0.2, 0) is 17.9 Å². The fourth-order valence-electron chi connectivity index (χ4n) is 4.94. The van der Waals surface area contributed by atoms with Crippen LogP contribution in [0.3, 0.4) is 0 Å². The summed E-state index contributed by atoms with van der Waals surface area (Å²) in [5.41, 5.74) is 3.29. The van der Waals surface area contributed by atoms with Gasteiger partial charge >= 0.3 is 0 Å². The Morgan fingerprint density at radius 1 is 1.10 bits per heavy atom. The van der Waals surface area contributed by atoms with Crippen LogP contribution in [0.2, 0.25) is 0 Å². The van der Waals surface area contributed by atoms with Crippen LogP contribution >= 0.6 is 15.9 Å². The number of fused-ring (bicyclic) bond motifs is 4. The molecule has 160 valence electrons. The van der Waals surface area contributed by atoms with Crippen molar-refractivity contribution in [3.05, 3.63) is 56.8 Å². The first-order valence-corrected chi connectivity index (χ1v) is 11.5. The summed E-state index contributed by atoms with van der Waals surface area (Å²) in [4.78, 5) is 15.5. The molecule has 3 aliphatic heterocycles. The van der Waals surface area contributed by atoms with Crippen molar-refractivity contribution in [2.45, 2.75) is 44.9 Å². The number of benzene rings is 2. The van der Waals surface area contributed by atoms with Crippen LogP contribution in [0.25, 0.3) is 6.08 Å². The second kappa shape index (κ2) is 7.65. The number of hydrogen-bond acceptors (Lipinski definition) is 6. The van der Waals surface area contributed by atoms with Crippen molar-refractivity contribution in [2.75, 3.05) is 13.5 Å². The summed E-state index contributed by atoms with van der Waals surface area (Å²) in [5.74, 6) is 2.35. The number of nitrogens with zero attached hydrogens (tertiary/aromatic N) is 1. The molecule has 4 aliphatic rings. The normalized spacial score (nSPS) is 21.8. The number of allylic oxidation sites excluding steroid dienone is 1. The van der Waals surface area contributed by atoms with Crippen molar-refractivity contribution >= 4 is 27.8 Å². The maximum atomic E-state index is 13.2. The summed E-state index contributed by atoms with van der Waals surface area (Å²) in [5, 5.41) is 0. The highest BCUT2D eigenvalue weighted by atomic mass is 79.9. The predicted octanol–water partition coefficient (Wildman–Crippen LogP) is 5.03. The molecule has 2 aromatic carbocycles. The minimum absolute atomic E-state index is 0.114. The second-order valence-electron chi connectivity index (χ2n) is 8.41. The molecule has 0 saturated heterocycles. The molecule has 0 atom stereocenters. The highest BCUT2D eigenvalue weighted by Crippen LogP contribution is 2.44. The summed E-state index contributed by atoms with van der Waals surface area (Å²) in [6.07, 6.45) is 6.72. The first kappa shape index (κ1) is 19.3. The number of ketones is 1. The second-order valence-corrected chi connectivity index (χ2v) is 9.33. The van der Waals surface area contributed by atoms with Crippen molar-refractivity contribution in [1.29, 1.82) is 0 Å². The molecule has 6 nitrogen and oxygen atoms in total. The Kier molecular flexibility index (Phi) is 4.78. The van der Waals surface area contributed by atoms with E-state index < -0.39 is 0 Å². The van der Waals surface area contributed by atoms with E-state index in [0.29, 0.717) is 36.5 Å². The number of ether oxygens (including phenoxy) is 4. The van der Waals surface area contributed by atoms with E-state index in [1.165, 1.54) is 25.7 Å². The third-order valence-corrected chi connectivity index (χ3v) is 6.93. The van der Waals surface area contributed by atoms with Crippen molar-refractivity contribution in [1.82, 2.24) is 4.90 Å². The van der Waals surface area contributed by atoms with Gasteiger partial charge in [-0.3, -0.25) is 9.69 Å². The summed E-state index contributed by atoms with van der Waals surface area (Å²) in [7, 11) is 0. The number of hydrogen-bond donors (Lipinski definition) is 0. The van der Waals surface area contributed by atoms with Gasteiger partial charge in [0.15, 0.2) is 12.6 Å². The van der Waals surface area contributed by atoms with Crippen LogP contribution < -0.4 is 14.2 Å². The fraction of sp³-hybridized carbons (Fsp3) is 0.375. The molecule has 0 unspecified atom stereocenters. The molecular formula is C24H22BrNO5. The largest absolute Gasteiger partial charge is 0.478 e. The zero-order valence-corrected chi connectivity index (χ0v) is 18.6. The lowest BCUT2D eigenvalue weighted by molar-refractivity contribution is -0.0165. The SMILES string of the molecule is O=C1/C(=C/c2cc(Br)cc3c2OCOC3)Oc2c1ccc1c2CN(C2CCCC2)CO1. The van der Waals surface area contributed by atoms with Gasteiger partial charge in [-0.2, -0.15) is 0 Å². The van der Waals surface area contributed by atoms with Gasteiger partial charge in [-0.05, 0) is 43.2 Å². The Hall–Kier alpha value is -2.35. The molecule has 0 amide bonds. The molecule has 0 N–H and O–H groups in total.